The minimum Gasteiger partial charge on any atom is -0.489 e. The van der Waals surface area contributed by atoms with Gasteiger partial charge in [0.1, 0.15) is 23.9 Å². The van der Waals surface area contributed by atoms with Crippen molar-refractivity contribution in [3.05, 3.63) is 101 Å². The standard InChI is InChI=1S/C33H36FNO4/c1-4-19-35(20-5-2)21-6-7-26-8-10-27(11-9-26)31(28-12-14-29(34)15-13-28)18-22-38-30-16-17-32(25(3)23-30)39-24-33(36)37/h8-18,23H,4-5,19-22,24H2,1-3H3,(H,36,37)/b31-18-. The van der Waals surface area contributed by atoms with Crippen molar-refractivity contribution in [2.75, 3.05) is 32.8 Å². The van der Waals surface area contributed by atoms with E-state index in [1.165, 1.54) is 12.1 Å². The lowest BCUT2D eigenvalue weighted by atomic mass is 9.96. The van der Waals surface area contributed by atoms with Crippen LogP contribution < -0.4 is 9.47 Å². The molecule has 204 valence electrons. The molecule has 0 bridgehead atoms. The Morgan fingerprint density at radius 2 is 1.59 bits per heavy atom. The highest BCUT2D eigenvalue weighted by Gasteiger charge is 2.08. The second-order valence-electron chi connectivity index (χ2n) is 9.20. The maximum absolute atomic E-state index is 13.6. The first-order valence-corrected chi connectivity index (χ1v) is 13.3. The zero-order chi connectivity index (χ0) is 28.0. The van der Waals surface area contributed by atoms with Crippen molar-refractivity contribution in [3.8, 4) is 23.3 Å². The first-order chi connectivity index (χ1) is 18.9. The van der Waals surface area contributed by atoms with Crippen LogP contribution in [0.5, 0.6) is 11.5 Å². The quantitative estimate of drug-likeness (QED) is 0.254. The number of hydrogen-bond donors (Lipinski definition) is 1. The fraction of sp³-hybridized carbons (Fsp3) is 0.303. The number of carboxylic acid groups (broad SMARTS) is 1. The minimum absolute atomic E-state index is 0.285. The molecule has 0 heterocycles. The third-order valence-electron chi connectivity index (χ3n) is 6.00. The van der Waals surface area contributed by atoms with Crippen LogP contribution in [0.25, 0.3) is 5.57 Å². The predicted molar refractivity (Wildman–Crippen MR) is 154 cm³/mol. The van der Waals surface area contributed by atoms with Crippen molar-refractivity contribution >= 4 is 11.5 Å². The Balaban J connectivity index is 1.75. The van der Waals surface area contributed by atoms with E-state index in [-0.39, 0.29) is 12.4 Å². The van der Waals surface area contributed by atoms with Gasteiger partial charge in [0, 0.05) is 5.56 Å². The van der Waals surface area contributed by atoms with Gasteiger partial charge in [0.25, 0.3) is 0 Å². The van der Waals surface area contributed by atoms with Gasteiger partial charge in [-0.05, 0) is 104 Å². The van der Waals surface area contributed by atoms with E-state index in [0.717, 1.165) is 60.3 Å². The summed E-state index contributed by atoms with van der Waals surface area (Å²) in [5.74, 6) is 6.37. The van der Waals surface area contributed by atoms with Crippen LogP contribution in [-0.4, -0.2) is 48.8 Å². The van der Waals surface area contributed by atoms with E-state index < -0.39 is 12.6 Å². The van der Waals surface area contributed by atoms with Gasteiger partial charge in [0.05, 0.1) is 6.54 Å². The largest absolute Gasteiger partial charge is 0.489 e. The Kier molecular flexibility index (Phi) is 11.6. The van der Waals surface area contributed by atoms with Gasteiger partial charge in [-0.15, -0.1) is 0 Å². The number of carboxylic acids is 1. The van der Waals surface area contributed by atoms with Crippen LogP contribution in [0.3, 0.4) is 0 Å². The molecule has 0 aromatic heterocycles. The van der Waals surface area contributed by atoms with Gasteiger partial charge in [-0.25, -0.2) is 9.18 Å². The average Bonchev–Trinajstić information content (AvgIpc) is 2.92. The molecule has 39 heavy (non-hydrogen) atoms. The van der Waals surface area contributed by atoms with Crippen LogP contribution in [0.1, 0.15) is 48.9 Å². The van der Waals surface area contributed by atoms with Crippen molar-refractivity contribution in [1.29, 1.82) is 0 Å². The Labute approximate surface area is 230 Å². The molecule has 3 aromatic carbocycles. The molecule has 1 N–H and O–H groups in total. The van der Waals surface area contributed by atoms with Crippen LogP contribution in [-0.2, 0) is 4.79 Å². The van der Waals surface area contributed by atoms with Crippen molar-refractivity contribution in [3.63, 3.8) is 0 Å². The summed E-state index contributed by atoms with van der Waals surface area (Å²) < 4.78 is 24.8. The van der Waals surface area contributed by atoms with Crippen molar-refractivity contribution < 1.29 is 23.8 Å². The number of halogens is 1. The fourth-order valence-corrected chi connectivity index (χ4v) is 4.16. The Morgan fingerprint density at radius 3 is 2.18 bits per heavy atom. The highest BCUT2D eigenvalue weighted by Crippen LogP contribution is 2.26. The van der Waals surface area contributed by atoms with E-state index in [9.17, 15) is 9.18 Å². The lowest BCUT2D eigenvalue weighted by Gasteiger charge is -2.17. The zero-order valence-corrected chi connectivity index (χ0v) is 22.9. The smallest absolute Gasteiger partial charge is 0.341 e. The van der Waals surface area contributed by atoms with E-state index in [4.69, 9.17) is 14.6 Å². The molecular weight excluding hydrogens is 493 g/mol. The van der Waals surface area contributed by atoms with Gasteiger partial charge < -0.3 is 14.6 Å². The summed E-state index contributed by atoms with van der Waals surface area (Å²) in [4.78, 5) is 13.1. The monoisotopic (exact) mass is 529 g/mol. The molecule has 3 rings (SSSR count). The summed E-state index contributed by atoms with van der Waals surface area (Å²) >= 11 is 0. The molecule has 0 aliphatic rings. The highest BCUT2D eigenvalue weighted by atomic mass is 19.1. The maximum Gasteiger partial charge on any atom is 0.341 e. The third kappa shape index (κ3) is 9.63. The number of carbonyl (C=O) groups is 1. The number of hydrogen-bond acceptors (Lipinski definition) is 4. The summed E-state index contributed by atoms with van der Waals surface area (Å²) in [6.07, 6.45) is 4.20. The fourth-order valence-electron chi connectivity index (χ4n) is 4.16. The number of aliphatic carboxylic acids is 1. The molecule has 0 spiro atoms. The number of benzene rings is 3. The van der Waals surface area contributed by atoms with Crippen LogP contribution in [0.4, 0.5) is 4.39 Å². The summed E-state index contributed by atoms with van der Waals surface area (Å²) in [6.45, 7) is 8.95. The number of nitrogens with zero attached hydrogens (tertiary/aromatic N) is 1. The van der Waals surface area contributed by atoms with Gasteiger partial charge in [-0.3, -0.25) is 4.90 Å². The predicted octanol–water partition coefficient (Wildman–Crippen LogP) is 6.58. The van der Waals surface area contributed by atoms with Crippen molar-refractivity contribution in [2.24, 2.45) is 0 Å². The van der Waals surface area contributed by atoms with Crippen LogP contribution in [0, 0.1) is 24.6 Å². The Morgan fingerprint density at radius 1 is 0.949 bits per heavy atom. The zero-order valence-electron chi connectivity index (χ0n) is 22.9. The lowest BCUT2D eigenvalue weighted by Crippen LogP contribution is -2.25. The maximum atomic E-state index is 13.6. The van der Waals surface area contributed by atoms with E-state index in [2.05, 4.69) is 30.6 Å². The van der Waals surface area contributed by atoms with Gasteiger partial charge in [0.2, 0.25) is 0 Å². The summed E-state index contributed by atoms with van der Waals surface area (Å²) in [6, 6.07) is 19.7. The van der Waals surface area contributed by atoms with E-state index in [1.54, 1.807) is 30.3 Å². The molecule has 5 nitrogen and oxygen atoms in total. The first-order valence-electron chi connectivity index (χ1n) is 13.3. The van der Waals surface area contributed by atoms with E-state index >= 15 is 0 Å². The van der Waals surface area contributed by atoms with E-state index in [0.29, 0.717) is 11.5 Å². The molecule has 3 aromatic rings. The molecule has 0 unspecified atom stereocenters. The van der Waals surface area contributed by atoms with Crippen LogP contribution >= 0.6 is 0 Å². The summed E-state index contributed by atoms with van der Waals surface area (Å²) in [7, 11) is 0. The molecule has 0 amide bonds. The lowest BCUT2D eigenvalue weighted by molar-refractivity contribution is -0.139. The van der Waals surface area contributed by atoms with Gasteiger partial charge in [0.15, 0.2) is 6.61 Å². The molecular formula is C33H36FNO4. The van der Waals surface area contributed by atoms with Crippen molar-refractivity contribution in [2.45, 2.75) is 33.6 Å². The van der Waals surface area contributed by atoms with Gasteiger partial charge in [-0.1, -0.05) is 50.0 Å². The van der Waals surface area contributed by atoms with Crippen LogP contribution in [0.2, 0.25) is 0 Å². The van der Waals surface area contributed by atoms with Crippen LogP contribution in [0.15, 0.2) is 72.8 Å². The molecule has 0 aliphatic heterocycles. The minimum atomic E-state index is -1.03. The van der Waals surface area contributed by atoms with Gasteiger partial charge in [-0.2, -0.15) is 0 Å². The highest BCUT2D eigenvalue weighted by molar-refractivity contribution is 5.80. The average molecular weight is 530 g/mol. The third-order valence-corrected chi connectivity index (χ3v) is 6.00. The SMILES string of the molecule is CCCN(CC#Cc1ccc(/C(=C/COc2ccc(OCC(=O)O)c(C)c2)c2ccc(F)cc2)cc1)CCC. The topological polar surface area (TPSA) is 59.0 Å². The molecule has 0 atom stereocenters. The van der Waals surface area contributed by atoms with E-state index in [1.807, 2.05) is 37.3 Å². The Bertz CT molecular complexity index is 1300. The summed E-state index contributed by atoms with van der Waals surface area (Å²) in [5.41, 5.74) is 4.50. The molecule has 0 fully saturated rings. The number of ether oxygens (including phenoxy) is 2. The molecule has 0 aliphatic carbocycles. The number of aryl methyl sites for hydroxylation is 1. The Hall–Kier alpha value is -4.08. The second kappa shape index (κ2) is 15.4. The van der Waals surface area contributed by atoms with Crippen molar-refractivity contribution in [1.82, 2.24) is 4.90 Å². The molecule has 0 saturated heterocycles. The van der Waals surface area contributed by atoms with Gasteiger partial charge >= 0.3 is 5.97 Å². The second-order valence-corrected chi connectivity index (χ2v) is 9.20. The first kappa shape index (κ1) is 29.5. The molecule has 0 saturated carbocycles. The number of rotatable bonds is 13. The normalized spacial score (nSPS) is 11.2. The summed E-state index contributed by atoms with van der Waals surface area (Å²) in [5, 5.41) is 8.82. The molecule has 6 heteroatoms. The molecule has 0 radical (unpaired) electrons.